The number of halogens is 1. The molecule has 0 atom stereocenters. The Labute approximate surface area is 98.5 Å². The van der Waals surface area contributed by atoms with Gasteiger partial charge < -0.3 is 10.4 Å². The molecule has 1 rings (SSSR count). The Morgan fingerprint density at radius 3 is 2.47 bits per heavy atom. The summed E-state index contributed by atoms with van der Waals surface area (Å²) < 4.78 is 13.2. The quantitative estimate of drug-likeness (QED) is 0.844. The molecule has 0 aliphatic heterocycles. The second kappa shape index (κ2) is 4.53. The Morgan fingerprint density at radius 1 is 1.35 bits per heavy atom. The van der Waals surface area contributed by atoms with Crippen LogP contribution in [0.5, 0.6) is 0 Å². The molecule has 0 heterocycles. The largest absolute Gasteiger partial charge is 0.480 e. The third-order valence-corrected chi connectivity index (χ3v) is 2.47. The number of hydrogen-bond acceptors (Lipinski definition) is 2. The van der Waals surface area contributed by atoms with E-state index in [1.165, 1.54) is 39.0 Å². The summed E-state index contributed by atoms with van der Waals surface area (Å²) in [5.74, 6) is -2.25. The second-order valence-electron chi connectivity index (χ2n) is 4.30. The SMILES string of the molecule is Cc1c(F)cccc1C(=O)NC(C)(C)C(=O)O. The number of carboxylic acid groups (broad SMARTS) is 1. The van der Waals surface area contributed by atoms with Gasteiger partial charge in [0.25, 0.3) is 5.91 Å². The molecule has 0 bridgehead atoms. The van der Waals surface area contributed by atoms with Crippen molar-refractivity contribution in [3.05, 3.63) is 35.1 Å². The molecule has 0 saturated heterocycles. The minimum Gasteiger partial charge on any atom is -0.480 e. The summed E-state index contributed by atoms with van der Waals surface area (Å²) in [6, 6.07) is 4.10. The lowest BCUT2D eigenvalue weighted by atomic mass is 10.0. The van der Waals surface area contributed by atoms with Crippen LogP contribution in [0.2, 0.25) is 0 Å². The number of nitrogens with one attached hydrogen (secondary N) is 1. The third-order valence-electron chi connectivity index (χ3n) is 2.47. The van der Waals surface area contributed by atoms with Crippen molar-refractivity contribution in [3.8, 4) is 0 Å². The molecule has 0 radical (unpaired) electrons. The van der Waals surface area contributed by atoms with Crippen molar-refractivity contribution in [1.82, 2.24) is 5.32 Å². The lowest BCUT2D eigenvalue weighted by molar-refractivity contribution is -0.143. The number of benzene rings is 1. The number of carbonyl (C=O) groups excluding carboxylic acids is 1. The molecule has 92 valence electrons. The van der Waals surface area contributed by atoms with Gasteiger partial charge in [0.2, 0.25) is 0 Å². The molecular formula is C12H14FNO3. The lowest BCUT2D eigenvalue weighted by Crippen LogP contribution is -2.49. The van der Waals surface area contributed by atoms with Gasteiger partial charge in [-0.3, -0.25) is 4.79 Å². The first-order valence-electron chi connectivity index (χ1n) is 5.06. The fraction of sp³-hybridized carbons (Fsp3) is 0.333. The number of rotatable bonds is 3. The van der Waals surface area contributed by atoms with Gasteiger partial charge in [0.1, 0.15) is 11.4 Å². The van der Waals surface area contributed by atoms with Gasteiger partial charge in [0.05, 0.1) is 0 Å². The maximum Gasteiger partial charge on any atom is 0.328 e. The van der Waals surface area contributed by atoms with E-state index in [0.29, 0.717) is 0 Å². The first-order valence-corrected chi connectivity index (χ1v) is 5.06. The van der Waals surface area contributed by atoms with Crippen molar-refractivity contribution >= 4 is 11.9 Å². The number of aliphatic carboxylic acids is 1. The maximum absolute atomic E-state index is 13.2. The van der Waals surface area contributed by atoms with Crippen LogP contribution < -0.4 is 5.32 Å². The van der Waals surface area contributed by atoms with Crippen LogP contribution in [-0.2, 0) is 4.79 Å². The summed E-state index contributed by atoms with van der Waals surface area (Å²) >= 11 is 0. The molecule has 5 heteroatoms. The molecule has 0 saturated carbocycles. The number of amides is 1. The van der Waals surface area contributed by atoms with Gasteiger partial charge in [-0.2, -0.15) is 0 Å². The normalized spacial score (nSPS) is 11.1. The van der Waals surface area contributed by atoms with E-state index in [2.05, 4.69) is 5.32 Å². The summed E-state index contributed by atoms with van der Waals surface area (Å²) in [5.41, 5.74) is -1.05. The summed E-state index contributed by atoms with van der Waals surface area (Å²) in [6.45, 7) is 4.20. The topological polar surface area (TPSA) is 66.4 Å². The van der Waals surface area contributed by atoms with E-state index in [9.17, 15) is 14.0 Å². The van der Waals surface area contributed by atoms with Crippen LogP contribution >= 0.6 is 0 Å². The standard InChI is InChI=1S/C12H14FNO3/c1-7-8(5-4-6-9(7)13)10(15)14-12(2,3)11(16)17/h4-6H,1-3H3,(H,14,15)(H,16,17). The van der Waals surface area contributed by atoms with Gasteiger partial charge in [0, 0.05) is 5.56 Å². The van der Waals surface area contributed by atoms with Crippen LogP contribution in [-0.4, -0.2) is 22.5 Å². The van der Waals surface area contributed by atoms with Gasteiger partial charge in [-0.05, 0) is 38.5 Å². The second-order valence-corrected chi connectivity index (χ2v) is 4.30. The molecule has 1 aromatic carbocycles. The number of carbonyl (C=O) groups is 2. The first kappa shape index (κ1) is 13.2. The van der Waals surface area contributed by atoms with Crippen molar-refractivity contribution < 1.29 is 19.1 Å². The van der Waals surface area contributed by atoms with Gasteiger partial charge in [-0.1, -0.05) is 6.07 Å². The van der Waals surface area contributed by atoms with Crippen LogP contribution in [0.15, 0.2) is 18.2 Å². The Morgan fingerprint density at radius 2 is 1.94 bits per heavy atom. The Hall–Kier alpha value is -1.91. The molecule has 1 amide bonds. The van der Waals surface area contributed by atoms with Crippen LogP contribution in [0.3, 0.4) is 0 Å². The summed E-state index contributed by atoms with van der Waals surface area (Å²) in [5, 5.41) is 11.2. The summed E-state index contributed by atoms with van der Waals surface area (Å²) in [7, 11) is 0. The highest BCUT2D eigenvalue weighted by Crippen LogP contribution is 2.13. The molecular weight excluding hydrogens is 225 g/mol. The predicted octanol–water partition coefficient (Wildman–Crippen LogP) is 1.73. The van der Waals surface area contributed by atoms with E-state index in [-0.39, 0.29) is 11.1 Å². The zero-order valence-electron chi connectivity index (χ0n) is 9.87. The molecule has 0 spiro atoms. The summed E-state index contributed by atoms with van der Waals surface area (Å²) in [6.07, 6.45) is 0. The third kappa shape index (κ3) is 2.81. The average Bonchev–Trinajstić information content (AvgIpc) is 2.21. The monoisotopic (exact) mass is 239 g/mol. The fourth-order valence-corrected chi connectivity index (χ4v) is 1.26. The van der Waals surface area contributed by atoms with Crippen molar-refractivity contribution in [2.24, 2.45) is 0 Å². The predicted molar refractivity (Wildman–Crippen MR) is 60.3 cm³/mol. The summed E-state index contributed by atoms with van der Waals surface area (Å²) in [4.78, 5) is 22.6. The minimum atomic E-state index is -1.39. The van der Waals surface area contributed by atoms with Crippen LogP contribution in [0, 0.1) is 12.7 Å². The van der Waals surface area contributed by atoms with Crippen molar-refractivity contribution in [2.45, 2.75) is 26.3 Å². The molecule has 1 aromatic rings. The van der Waals surface area contributed by atoms with E-state index in [1.54, 1.807) is 0 Å². The number of hydrogen-bond donors (Lipinski definition) is 2. The van der Waals surface area contributed by atoms with Gasteiger partial charge >= 0.3 is 5.97 Å². The molecule has 0 fully saturated rings. The molecule has 17 heavy (non-hydrogen) atoms. The van der Waals surface area contributed by atoms with E-state index in [1.807, 2.05) is 0 Å². The Bertz CT molecular complexity index is 469. The zero-order valence-corrected chi connectivity index (χ0v) is 9.87. The Balaban J connectivity index is 2.99. The molecule has 4 nitrogen and oxygen atoms in total. The van der Waals surface area contributed by atoms with E-state index >= 15 is 0 Å². The minimum absolute atomic E-state index is 0.138. The number of carboxylic acids is 1. The molecule has 0 aliphatic rings. The van der Waals surface area contributed by atoms with Crippen LogP contribution in [0.25, 0.3) is 0 Å². The van der Waals surface area contributed by atoms with E-state index in [0.717, 1.165) is 0 Å². The van der Waals surface area contributed by atoms with Gasteiger partial charge in [0.15, 0.2) is 0 Å². The van der Waals surface area contributed by atoms with Crippen molar-refractivity contribution in [3.63, 3.8) is 0 Å². The van der Waals surface area contributed by atoms with Crippen molar-refractivity contribution in [2.75, 3.05) is 0 Å². The molecule has 2 N–H and O–H groups in total. The van der Waals surface area contributed by atoms with Crippen LogP contribution in [0.1, 0.15) is 29.8 Å². The highest BCUT2D eigenvalue weighted by Gasteiger charge is 2.29. The maximum atomic E-state index is 13.2. The zero-order chi connectivity index (χ0) is 13.2. The highest BCUT2D eigenvalue weighted by atomic mass is 19.1. The van der Waals surface area contributed by atoms with Gasteiger partial charge in [-0.25, -0.2) is 9.18 Å². The van der Waals surface area contributed by atoms with Crippen molar-refractivity contribution in [1.29, 1.82) is 0 Å². The first-order chi connectivity index (χ1) is 7.75. The average molecular weight is 239 g/mol. The molecule has 0 aliphatic carbocycles. The molecule has 0 aromatic heterocycles. The fourth-order valence-electron chi connectivity index (χ4n) is 1.26. The van der Waals surface area contributed by atoms with Gasteiger partial charge in [-0.15, -0.1) is 0 Å². The molecule has 0 unspecified atom stereocenters. The smallest absolute Gasteiger partial charge is 0.328 e. The van der Waals surface area contributed by atoms with E-state index < -0.39 is 23.2 Å². The Kier molecular flexibility index (Phi) is 3.50. The van der Waals surface area contributed by atoms with E-state index in [4.69, 9.17) is 5.11 Å². The highest BCUT2D eigenvalue weighted by molar-refractivity contribution is 5.98. The van der Waals surface area contributed by atoms with Crippen LogP contribution in [0.4, 0.5) is 4.39 Å². The lowest BCUT2D eigenvalue weighted by Gasteiger charge is -2.21.